The Morgan fingerprint density at radius 2 is 2.13 bits per heavy atom. The lowest BCUT2D eigenvalue weighted by atomic mass is 10.2. The number of fused-ring (bicyclic) bond motifs is 1. The third-order valence-electron chi connectivity index (χ3n) is 4.98. The van der Waals surface area contributed by atoms with Crippen LogP contribution >= 0.6 is 0 Å². The van der Waals surface area contributed by atoms with Crippen LogP contribution in [0.3, 0.4) is 0 Å². The van der Waals surface area contributed by atoms with E-state index < -0.39 is 11.9 Å². The van der Waals surface area contributed by atoms with E-state index in [1.807, 2.05) is 13.0 Å². The fourth-order valence-electron chi connectivity index (χ4n) is 3.40. The lowest BCUT2D eigenvalue weighted by Crippen LogP contribution is -2.40. The van der Waals surface area contributed by atoms with Crippen LogP contribution in [0, 0.1) is 0 Å². The van der Waals surface area contributed by atoms with Gasteiger partial charge in [-0.25, -0.2) is 4.98 Å². The lowest BCUT2D eigenvalue weighted by molar-refractivity contribution is -0.128. The Morgan fingerprint density at radius 3 is 2.84 bits per heavy atom. The smallest absolute Gasteiger partial charge is 0.257 e. The van der Waals surface area contributed by atoms with Gasteiger partial charge in [0.2, 0.25) is 11.8 Å². The molecule has 0 bridgehead atoms. The molecule has 0 aromatic carbocycles. The Morgan fingerprint density at radius 1 is 1.29 bits per heavy atom. The van der Waals surface area contributed by atoms with Crippen LogP contribution in [0.4, 0.5) is 17.5 Å². The largest absolute Gasteiger partial charge is 0.478 e. The van der Waals surface area contributed by atoms with E-state index in [4.69, 9.17) is 4.74 Å². The molecule has 0 saturated carbocycles. The van der Waals surface area contributed by atoms with E-state index in [0.29, 0.717) is 48.6 Å². The van der Waals surface area contributed by atoms with Gasteiger partial charge in [0.05, 0.1) is 12.8 Å². The van der Waals surface area contributed by atoms with E-state index in [2.05, 4.69) is 31.0 Å². The molecule has 1 saturated heterocycles. The number of aromatic nitrogens is 4. The van der Waals surface area contributed by atoms with Crippen LogP contribution in [-0.4, -0.2) is 69.6 Å². The number of ether oxygens (including phenoxy) is 1. The molecule has 4 heterocycles. The first-order valence-electron chi connectivity index (χ1n) is 9.99. The predicted octanol–water partition coefficient (Wildman–Crippen LogP) is 1.27. The zero-order valence-corrected chi connectivity index (χ0v) is 17.5. The summed E-state index contributed by atoms with van der Waals surface area (Å²) < 4.78 is 6.97. The fraction of sp³-hybridized carbons (Fsp3) is 0.350. The zero-order valence-electron chi connectivity index (χ0n) is 17.5. The van der Waals surface area contributed by atoms with Crippen LogP contribution in [0.25, 0.3) is 5.65 Å². The third-order valence-corrected chi connectivity index (χ3v) is 4.98. The molecule has 3 aromatic rings. The van der Waals surface area contributed by atoms with Gasteiger partial charge in [-0.15, -0.1) is 0 Å². The maximum absolute atomic E-state index is 12.9. The van der Waals surface area contributed by atoms with Gasteiger partial charge in [-0.1, -0.05) is 6.07 Å². The molecule has 2 amide bonds. The molecule has 0 radical (unpaired) electrons. The minimum atomic E-state index is -0.539. The molecular formula is C20H24N8O3. The number of nitrogens with one attached hydrogen (secondary N) is 3. The van der Waals surface area contributed by atoms with Crippen LogP contribution in [0.1, 0.15) is 23.7 Å². The van der Waals surface area contributed by atoms with Crippen molar-refractivity contribution < 1.29 is 14.3 Å². The number of nitrogens with zero attached hydrogens (tertiary/aromatic N) is 5. The van der Waals surface area contributed by atoms with Gasteiger partial charge in [-0.3, -0.25) is 9.59 Å². The monoisotopic (exact) mass is 424 g/mol. The molecule has 1 aliphatic heterocycles. The average Bonchev–Trinajstić information content (AvgIpc) is 3.32. The maximum Gasteiger partial charge on any atom is 0.257 e. The second-order valence-corrected chi connectivity index (χ2v) is 7.06. The minimum Gasteiger partial charge on any atom is -0.478 e. The Bertz CT molecular complexity index is 1130. The van der Waals surface area contributed by atoms with Gasteiger partial charge in [0.25, 0.3) is 5.91 Å². The summed E-state index contributed by atoms with van der Waals surface area (Å²) in [5, 5.41) is 13.3. The van der Waals surface area contributed by atoms with Gasteiger partial charge < -0.3 is 25.6 Å². The first-order chi connectivity index (χ1) is 15.0. The van der Waals surface area contributed by atoms with Gasteiger partial charge in [-0.05, 0) is 19.4 Å². The molecule has 0 aliphatic carbocycles. The molecule has 11 heteroatoms. The van der Waals surface area contributed by atoms with Crippen LogP contribution < -0.4 is 20.7 Å². The normalized spacial score (nSPS) is 15.9. The minimum absolute atomic E-state index is 0.101. The van der Waals surface area contributed by atoms with Crippen molar-refractivity contribution in [1.82, 2.24) is 29.8 Å². The highest BCUT2D eigenvalue weighted by Crippen LogP contribution is 2.22. The number of carbonyl (C=O) groups excluding carboxylic acids is 2. The van der Waals surface area contributed by atoms with Crippen LogP contribution in [0.5, 0.6) is 5.88 Å². The molecule has 3 aromatic heterocycles. The Kier molecular flexibility index (Phi) is 5.56. The first-order valence-corrected chi connectivity index (χ1v) is 9.99. The molecule has 3 N–H and O–H groups in total. The quantitative estimate of drug-likeness (QED) is 0.518. The summed E-state index contributed by atoms with van der Waals surface area (Å²) in [5.74, 6) is 1.66. The van der Waals surface area contributed by atoms with Crippen LogP contribution in [0.2, 0.25) is 0 Å². The van der Waals surface area contributed by atoms with E-state index in [9.17, 15) is 9.59 Å². The van der Waals surface area contributed by atoms with Crippen molar-refractivity contribution >= 4 is 34.9 Å². The van der Waals surface area contributed by atoms with Crippen molar-refractivity contribution in [2.75, 3.05) is 37.9 Å². The van der Waals surface area contributed by atoms with Gasteiger partial charge in [0.1, 0.15) is 29.1 Å². The van der Waals surface area contributed by atoms with Crippen molar-refractivity contribution in [3.8, 4) is 5.88 Å². The molecule has 162 valence electrons. The lowest BCUT2D eigenvalue weighted by Gasteiger charge is -2.12. The van der Waals surface area contributed by atoms with Gasteiger partial charge in [0, 0.05) is 32.8 Å². The van der Waals surface area contributed by atoms with E-state index in [-0.39, 0.29) is 11.5 Å². The molecule has 1 fully saturated rings. The van der Waals surface area contributed by atoms with E-state index in [0.717, 1.165) is 0 Å². The maximum atomic E-state index is 12.9. The number of hydrogen-bond acceptors (Lipinski definition) is 8. The summed E-state index contributed by atoms with van der Waals surface area (Å²) in [7, 11) is 3.47. The highest BCUT2D eigenvalue weighted by molar-refractivity contribution is 6.02. The highest BCUT2D eigenvalue weighted by Gasteiger charge is 2.31. The predicted molar refractivity (Wildman–Crippen MR) is 115 cm³/mol. The van der Waals surface area contributed by atoms with E-state index >= 15 is 0 Å². The summed E-state index contributed by atoms with van der Waals surface area (Å²) in [5.41, 5.74) is 0.630. The summed E-state index contributed by atoms with van der Waals surface area (Å²) in [4.78, 5) is 35.6. The summed E-state index contributed by atoms with van der Waals surface area (Å²) in [6, 6.07) is 6.60. The Balaban J connectivity index is 1.64. The number of likely N-dealkylation sites (tertiary alicyclic amines) is 1. The molecule has 31 heavy (non-hydrogen) atoms. The highest BCUT2D eigenvalue weighted by atomic mass is 16.5. The zero-order chi connectivity index (χ0) is 22.0. The molecule has 1 aliphatic rings. The molecular weight excluding hydrogens is 400 g/mol. The molecule has 0 unspecified atom stereocenters. The molecule has 4 rings (SSSR count). The average molecular weight is 424 g/mol. The standard InChI is InChI=1S/C20H24N8O3/c1-4-31-17-7-5-6-14(25-17)24-15-10-16(21-2)28-18(26-15)12(11-22-28)19(29)23-13-8-9-27(3)20(13)30/h5-7,10-11,13,21H,4,8-9H2,1-3H3,(H,23,29)(H,24,25,26)/t13-/m1/s1. The number of likely N-dealkylation sites (N-methyl/N-ethyl adjacent to an activating group) is 1. The number of carbonyl (C=O) groups is 2. The third kappa shape index (κ3) is 4.06. The van der Waals surface area contributed by atoms with Gasteiger partial charge in [-0.2, -0.15) is 14.6 Å². The van der Waals surface area contributed by atoms with Crippen molar-refractivity contribution in [2.45, 2.75) is 19.4 Å². The topological polar surface area (TPSA) is 126 Å². The van der Waals surface area contributed by atoms with Crippen molar-refractivity contribution in [1.29, 1.82) is 0 Å². The first kappa shape index (κ1) is 20.4. The SMILES string of the molecule is CCOc1cccc(Nc2cc(NC)n3ncc(C(=O)N[C@@H]4CCN(C)C4=O)c3n2)n1. The fourth-order valence-corrected chi connectivity index (χ4v) is 3.40. The summed E-state index contributed by atoms with van der Waals surface area (Å²) >= 11 is 0. The van der Waals surface area contributed by atoms with Gasteiger partial charge >= 0.3 is 0 Å². The molecule has 1 atom stereocenters. The number of anilines is 3. The van der Waals surface area contributed by atoms with E-state index in [1.54, 1.807) is 37.2 Å². The van der Waals surface area contributed by atoms with Gasteiger partial charge in [0.15, 0.2) is 5.65 Å². The second kappa shape index (κ2) is 8.46. The number of rotatable bonds is 7. The number of amides is 2. The van der Waals surface area contributed by atoms with Crippen molar-refractivity contribution in [2.24, 2.45) is 0 Å². The number of pyridine rings is 1. The van der Waals surface area contributed by atoms with Crippen molar-refractivity contribution in [3.63, 3.8) is 0 Å². The van der Waals surface area contributed by atoms with Crippen LogP contribution in [-0.2, 0) is 4.79 Å². The summed E-state index contributed by atoms with van der Waals surface area (Å²) in [6.45, 7) is 3.01. The Labute approximate surface area is 178 Å². The Hall–Kier alpha value is -3.89. The number of hydrogen-bond donors (Lipinski definition) is 3. The van der Waals surface area contributed by atoms with E-state index in [1.165, 1.54) is 10.7 Å². The van der Waals surface area contributed by atoms with Crippen LogP contribution in [0.15, 0.2) is 30.5 Å². The summed E-state index contributed by atoms with van der Waals surface area (Å²) in [6.07, 6.45) is 2.02. The van der Waals surface area contributed by atoms with Crippen molar-refractivity contribution in [3.05, 3.63) is 36.0 Å². The molecule has 11 nitrogen and oxygen atoms in total. The molecule has 0 spiro atoms. The second-order valence-electron chi connectivity index (χ2n) is 7.06.